The van der Waals surface area contributed by atoms with E-state index >= 15 is 0 Å². The van der Waals surface area contributed by atoms with Gasteiger partial charge in [-0.15, -0.1) is 0 Å². The maximum absolute atomic E-state index is 13.7. The minimum Gasteiger partial charge on any atom is -0.396 e. The standard InChI is InChI=1S/C10H12Cl2FN/c1-4(2)6-8(12)7(11)5(3)10(14)9(6)13/h4H,14H2,1-3H3. The number of nitrogens with two attached hydrogens (primary N) is 1. The van der Waals surface area contributed by atoms with Gasteiger partial charge in [-0.3, -0.25) is 0 Å². The molecular formula is C10H12Cl2FN. The average Bonchev–Trinajstić information content (AvgIpc) is 2.11. The Hall–Kier alpha value is -0.470. The molecule has 0 aliphatic carbocycles. The smallest absolute Gasteiger partial charge is 0.151 e. The van der Waals surface area contributed by atoms with Gasteiger partial charge < -0.3 is 5.73 Å². The highest BCUT2D eigenvalue weighted by molar-refractivity contribution is 6.43. The van der Waals surface area contributed by atoms with Crippen molar-refractivity contribution in [1.82, 2.24) is 0 Å². The van der Waals surface area contributed by atoms with Crippen LogP contribution in [0.2, 0.25) is 10.0 Å². The summed E-state index contributed by atoms with van der Waals surface area (Å²) in [5, 5.41) is 0.611. The molecule has 1 rings (SSSR count). The summed E-state index contributed by atoms with van der Waals surface area (Å²) < 4.78 is 13.7. The molecule has 14 heavy (non-hydrogen) atoms. The molecule has 0 aliphatic rings. The highest BCUT2D eigenvalue weighted by Crippen LogP contribution is 2.39. The third-order valence-electron chi connectivity index (χ3n) is 2.21. The maximum Gasteiger partial charge on any atom is 0.151 e. The van der Waals surface area contributed by atoms with Crippen LogP contribution in [-0.4, -0.2) is 0 Å². The molecule has 0 fully saturated rings. The van der Waals surface area contributed by atoms with Crippen molar-refractivity contribution < 1.29 is 4.39 Å². The Morgan fingerprint density at radius 1 is 1.21 bits per heavy atom. The van der Waals surface area contributed by atoms with Crippen LogP contribution in [0.1, 0.15) is 30.9 Å². The number of hydrogen-bond acceptors (Lipinski definition) is 1. The summed E-state index contributed by atoms with van der Waals surface area (Å²) in [7, 11) is 0. The van der Waals surface area contributed by atoms with Crippen LogP contribution in [0.15, 0.2) is 0 Å². The summed E-state index contributed by atoms with van der Waals surface area (Å²) in [5.41, 5.74) is 6.55. The Morgan fingerprint density at radius 3 is 2.14 bits per heavy atom. The first-order chi connectivity index (χ1) is 6.37. The Balaban J connectivity index is 3.60. The van der Waals surface area contributed by atoms with Crippen molar-refractivity contribution in [2.75, 3.05) is 5.73 Å². The van der Waals surface area contributed by atoms with Crippen LogP contribution in [0.5, 0.6) is 0 Å². The van der Waals surface area contributed by atoms with Gasteiger partial charge in [-0.25, -0.2) is 4.39 Å². The van der Waals surface area contributed by atoms with E-state index in [1.165, 1.54) is 0 Å². The van der Waals surface area contributed by atoms with Crippen molar-refractivity contribution in [3.8, 4) is 0 Å². The molecule has 0 saturated heterocycles. The van der Waals surface area contributed by atoms with Gasteiger partial charge in [0.15, 0.2) is 5.82 Å². The third kappa shape index (κ3) is 1.69. The molecule has 2 N–H and O–H groups in total. The minimum atomic E-state index is -0.452. The monoisotopic (exact) mass is 235 g/mol. The van der Waals surface area contributed by atoms with Crippen molar-refractivity contribution in [3.05, 3.63) is 27.0 Å². The van der Waals surface area contributed by atoms with Gasteiger partial charge >= 0.3 is 0 Å². The fourth-order valence-electron chi connectivity index (χ4n) is 1.31. The number of rotatable bonds is 1. The number of halogens is 3. The molecule has 1 aromatic rings. The first-order valence-corrected chi connectivity index (χ1v) is 5.05. The Morgan fingerprint density at radius 2 is 1.71 bits per heavy atom. The van der Waals surface area contributed by atoms with Gasteiger partial charge in [-0.05, 0) is 18.4 Å². The zero-order valence-electron chi connectivity index (χ0n) is 8.29. The molecule has 0 unspecified atom stereocenters. The van der Waals surface area contributed by atoms with Crippen LogP contribution in [0, 0.1) is 12.7 Å². The van der Waals surface area contributed by atoms with Crippen LogP contribution in [-0.2, 0) is 0 Å². The second kappa shape index (κ2) is 3.95. The molecule has 0 aromatic heterocycles. The largest absolute Gasteiger partial charge is 0.396 e. The van der Waals surface area contributed by atoms with Gasteiger partial charge in [0.1, 0.15) is 0 Å². The molecule has 4 heteroatoms. The van der Waals surface area contributed by atoms with Crippen molar-refractivity contribution in [3.63, 3.8) is 0 Å². The molecule has 0 bridgehead atoms. The minimum absolute atomic E-state index is 0.0390. The van der Waals surface area contributed by atoms with Crippen LogP contribution in [0.3, 0.4) is 0 Å². The molecule has 0 saturated carbocycles. The van der Waals surface area contributed by atoms with E-state index in [1.54, 1.807) is 6.92 Å². The van der Waals surface area contributed by atoms with Gasteiger partial charge in [0.05, 0.1) is 15.7 Å². The summed E-state index contributed by atoms with van der Waals surface area (Å²) in [6.45, 7) is 5.33. The summed E-state index contributed by atoms with van der Waals surface area (Å²) in [6.07, 6.45) is 0. The first-order valence-electron chi connectivity index (χ1n) is 4.30. The molecule has 0 amide bonds. The topological polar surface area (TPSA) is 26.0 Å². The normalized spacial score (nSPS) is 11.1. The maximum atomic E-state index is 13.7. The van der Waals surface area contributed by atoms with E-state index in [9.17, 15) is 4.39 Å². The van der Waals surface area contributed by atoms with E-state index in [2.05, 4.69) is 0 Å². The van der Waals surface area contributed by atoms with Crippen LogP contribution in [0.25, 0.3) is 0 Å². The summed E-state index contributed by atoms with van der Waals surface area (Å²) in [5.74, 6) is -0.491. The predicted octanol–water partition coefficient (Wildman–Crippen LogP) is 4.15. The lowest BCUT2D eigenvalue weighted by atomic mass is 9.99. The van der Waals surface area contributed by atoms with E-state index in [0.717, 1.165) is 0 Å². The third-order valence-corrected chi connectivity index (χ3v) is 3.17. The number of hydrogen-bond donors (Lipinski definition) is 1. The molecule has 0 atom stereocenters. The van der Waals surface area contributed by atoms with E-state index < -0.39 is 5.82 Å². The van der Waals surface area contributed by atoms with Gasteiger partial charge in [0.25, 0.3) is 0 Å². The Kier molecular flexibility index (Phi) is 3.28. The van der Waals surface area contributed by atoms with E-state index in [1.807, 2.05) is 13.8 Å². The summed E-state index contributed by atoms with van der Waals surface area (Å²) >= 11 is 11.9. The fourth-order valence-corrected chi connectivity index (χ4v) is 1.96. The number of anilines is 1. The quantitative estimate of drug-likeness (QED) is 0.575. The van der Waals surface area contributed by atoms with E-state index in [0.29, 0.717) is 16.1 Å². The molecule has 0 heterocycles. The molecule has 1 nitrogen and oxygen atoms in total. The zero-order valence-corrected chi connectivity index (χ0v) is 9.80. The van der Waals surface area contributed by atoms with Crippen LogP contribution < -0.4 is 5.73 Å². The average molecular weight is 236 g/mol. The Bertz CT molecular complexity index is 346. The van der Waals surface area contributed by atoms with Gasteiger partial charge in [0.2, 0.25) is 0 Å². The zero-order chi connectivity index (χ0) is 11.0. The molecule has 0 radical (unpaired) electrons. The van der Waals surface area contributed by atoms with Crippen LogP contribution >= 0.6 is 23.2 Å². The molecule has 0 aliphatic heterocycles. The van der Waals surface area contributed by atoms with Crippen molar-refractivity contribution in [2.24, 2.45) is 0 Å². The lowest BCUT2D eigenvalue weighted by molar-refractivity contribution is 0.602. The predicted molar refractivity (Wildman–Crippen MR) is 59.7 cm³/mol. The fraction of sp³-hybridized carbons (Fsp3) is 0.400. The lowest BCUT2D eigenvalue weighted by Crippen LogP contribution is -2.03. The highest BCUT2D eigenvalue weighted by Gasteiger charge is 2.20. The molecular weight excluding hydrogens is 224 g/mol. The van der Waals surface area contributed by atoms with Crippen molar-refractivity contribution in [2.45, 2.75) is 26.7 Å². The van der Waals surface area contributed by atoms with E-state index in [-0.39, 0.29) is 16.6 Å². The SMILES string of the molecule is Cc1c(N)c(F)c(C(C)C)c(Cl)c1Cl. The van der Waals surface area contributed by atoms with E-state index in [4.69, 9.17) is 28.9 Å². The second-order valence-corrected chi connectivity index (χ2v) is 4.30. The number of nitrogen functional groups attached to an aromatic ring is 1. The van der Waals surface area contributed by atoms with Gasteiger partial charge in [0, 0.05) is 5.56 Å². The summed E-state index contributed by atoms with van der Waals surface area (Å²) in [6, 6.07) is 0. The second-order valence-electron chi connectivity index (χ2n) is 3.55. The molecule has 1 aromatic carbocycles. The van der Waals surface area contributed by atoms with Crippen molar-refractivity contribution in [1.29, 1.82) is 0 Å². The van der Waals surface area contributed by atoms with Gasteiger partial charge in [-0.2, -0.15) is 0 Å². The molecule has 0 spiro atoms. The molecule has 78 valence electrons. The Labute approximate surface area is 93.0 Å². The van der Waals surface area contributed by atoms with Gasteiger partial charge in [-0.1, -0.05) is 37.0 Å². The van der Waals surface area contributed by atoms with Crippen molar-refractivity contribution >= 4 is 28.9 Å². The first kappa shape index (κ1) is 11.6. The van der Waals surface area contributed by atoms with Crippen LogP contribution in [0.4, 0.5) is 10.1 Å². The highest BCUT2D eigenvalue weighted by atomic mass is 35.5. The summed E-state index contributed by atoms with van der Waals surface area (Å²) in [4.78, 5) is 0. The lowest BCUT2D eigenvalue weighted by Gasteiger charge is -2.15. The number of benzene rings is 1.